The summed E-state index contributed by atoms with van der Waals surface area (Å²) in [6.07, 6.45) is 3.21. The first-order chi connectivity index (χ1) is 9.25. The van der Waals surface area contributed by atoms with Crippen molar-refractivity contribution in [2.45, 2.75) is 32.4 Å². The molecule has 0 radical (unpaired) electrons. The van der Waals surface area contributed by atoms with Gasteiger partial charge < -0.3 is 10.1 Å². The zero-order chi connectivity index (χ0) is 13.2. The number of nitrogens with one attached hydrogen (secondary N) is 1. The maximum atomic E-state index is 5.58. The molecular weight excluding hydrogens is 238 g/mol. The summed E-state index contributed by atoms with van der Waals surface area (Å²) in [6, 6.07) is 10.6. The van der Waals surface area contributed by atoms with Gasteiger partial charge in [0.25, 0.3) is 0 Å². The molecule has 1 saturated heterocycles. The predicted molar refractivity (Wildman–Crippen MR) is 75.7 cm³/mol. The average molecular weight is 257 g/mol. The number of para-hydroxylation sites is 1. The summed E-state index contributed by atoms with van der Waals surface area (Å²) in [5.74, 6) is 0. The Hall–Kier alpha value is -1.81. The van der Waals surface area contributed by atoms with Crippen LogP contribution in [0.1, 0.15) is 19.0 Å². The van der Waals surface area contributed by atoms with Gasteiger partial charge in [0.1, 0.15) is 0 Å². The van der Waals surface area contributed by atoms with Crippen LogP contribution < -0.4 is 5.32 Å². The number of nitrogens with zero attached hydrogens (tertiary/aromatic N) is 2. The molecule has 1 N–H and O–H groups in total. The number of hydrogen-bond acceptors (Lipinski definition) is 3. The SMILES string of the molecule is Cc1c(N[C@H]2CCO[C@H]2C)cnn1-c1ccccc1. The molecular formula is C15H19N3O. The molecule has 19 heavy (non-hydrogen) atoms. The maximum Gasteiger partial charge on any atom is 0.0764 e. The first kappa shape index (κ1) is 12.2. The van der Waals surface area contributed by atoms with Crippen molar-refractivity contribution in [3.05, 3.63) is 42.2 Å². The Balaban J connectivity index is 1.83. The molecule has 1 aliphatic rings. The van der Waals surface area contributed by atoms with E-state index in [4.69, 9.17) is 4.74 Å². The van der Waals surface area contributed by atoms with Crippen molar-refractivity contribution in [1.82, 2.24) is 9.78 Å². The lowest BCUT2D eigenvalue weighted by molar-refractivity contribution is 0.121. The van der Waals surface area contributed by atoms with Crippen LogP contribution in [0.3, 0.4) is 0 Å². The summed E-state index contributed by atoms with van der Waals surface area (Å²) in [4.78, 5) is 0. The molecule has 0 unspecified atom stereocenters. The zero-order valence-electron chi connectivity index (χ0n) is 11.3. The third kappa shape index (κ3) is 2.36. The first-order valence-electron chi connectivity index (χ1n) is 6.74. The van der Waals surface area contributed by atoms with Crippen molar-refractivity contribution >= 4 is 5.69 Å². The van der Waals surface area contributed by atoms with Crippen LogP contribution in [0.2, 0.25) is 0 Å². The highest BCUT2D eigenvalue weighted by atomic mass is 16.5. The molecule has 1 fully saturated rings. The number of hydrogen-bond donors (Lipinski definition) is 1. The minimum Gasteiger partial charge on any atom is -0.377 e. The standard InChI is InChI=1S/C15H19N3O/c1-11-15(17-14-8-9-19-12(14)2)10-16-18(11)13-6-4-3-5-7-13/h3-7,10,12,14,17H,8-9H2,1-2H3/t12-,14-/m0/s1. The van der Waals surface area contributed by atoms with Crippen molar-refractivity contribution in [3.8, 4) is 5.69 Å². The van der Waals surface area contributed by atoms with Crippen LogP contribution in [0, 0.1) is 6.92 Å². The van der Waals surface area contributed by atoms with Crippen LogP contribution in [0.5, 0.6) is 0 Å². The van der Waals surface area contributed by atoms with Crippen LogP contribution in [0.15, 0.2) is 36.5 Å². The van der Waals surface area contributed by atoms with Crippen LogP contribution >= 0.6 is 0 Å². The Bertz CT molecular complexity index is 550. The fourth-order valence-electron chi connectivity index (χ4n) is 2.50. The average Bonchev–Trinajstić information content (AvgIpc) is 2.99. The van der Waals surface area contributed by atoms with Crippen LogP contribution in [-0.4, -0.2) is 28.5 Å². The van der Waals surface area contributed by atoms with E-state index in [1.807, 2.05) is 29.1 Å². The summed E-state index contributed by atoms with van der Waals surface area (Å²) in [5.41, 5.74) is 3.31. The minimum absolute atomic E-state index is 0.263. The molecule has 100 valence electrons. The highest BCUT2D eigenvalue weighted by Crippen LogP contribution is 2.23. The van der Waals surface area contributed by atoms with Crippen LogP contribution in [0.4, 0.5) is 5.69 Å². The molecule has 2 heterocycles. The molecule has 4 nitrogen and oxygen atoms in total. The van der Waals surface area contributed by atoms with E-state index in [1.165, 1.54) is 0 Å². The van der Waals surface area contributed by atoms with Gasteiger partial charge in [0, 0.05) is 6.61 Å². The Labute approximate surface area is 113 Å². The van der Waals surface area contributed by atoms with Crippen LogP contribution in [0.25, 0.3) is 5.69 Å². The second-order valence-electron chi connectivity index (χ2n) is 5.01. The maximum absolute atomic E-state index is 5.58. The van der Waals surface area contributed by atoms with Crippen molar-refractivity contribution in [2.24, 2.45) is 0 Å². The van der Waals surface area contributed by atoms with Crippen molar-refractivity contribution < 1.29 is 4.74 Å². The molecule has 3 rings (SSSR count). The molecule has 1 aromatic carbocycles. The van der Waals surface area contributed by atoms with Gasteiger partial charge in [0.2, 0.25) is 0 Å². The summed E-state index contributed by atoms with van der Waals surface area (Å²) >= 11 is 0. The number of anilines is 1. The number of aromatic nitrogens is 2. The summed E-state index contributed by atoms with van der Waals surface area (Å²) < 4.78 is 7.54. The Morgan fingerprint density at radius 1 is 1.32 bits per heavy atom. The smallest absolute Gasteiger partial charge is 0.0764 e. The fraction of sp³-hybridized carbons (Fsp3) is 0.400. The molecule has 0 aliphatic carbocycles. The Kier molecular flexibility index (Phi) is 3.25. The van der Waals surface area contributed by atoms with Crippen molar-refractivity contribution in [2.75, 3.05) is 11.9 Å². The van der Waals surface area contributed by atoms with Gasteiger partial charge in [-0.1, -0.05) is 18.2 Å². The van der Waals surface area contributed by atoms with Gasteiger partial charge in [0.15, 0.2) is 0 Å². The van der Waals surface area contributed by atoms with Gasteiger partial charge in [-0.25, -0.2) is 4.68 Å². The van der Waals surface area contributed by atoms with Crippen LogP contribution in [-0.2, 0) is 4.74 Å². The third-order valence-electron chi connectivity index (χ3n) is 3.73. The van der Waals surface area contributed by atoms with Gasteiger partial charge in [0.05, 0.1) is 35.4 Å². The van der Waals surface area contributed by atoms with Crippen molar-refractivity contribution in [1.29, 1.82) is 0 Å². The molecule has 4 heteroatoms. The number of benzene rings is 1. The van der Waals surface area contributed by atoms with Crippen molar-refractivity contribution in [3.63, 3.8) is 0 Å². The second-order valence-corrected chi connectivity index (χ2v) is 5.01. The fourth-order valence-corrected chi connectivity index (χ4v) is 2.50. The molecule has 0 bridgehead atoms. The second kappa shape index (κ2) is 5.05. The van der Waals surface area contributed by atoms with Gasteiger partial charge in [-0.05, 0) is 32.4 Å². The molecule has 0 saturated carbocycles. The molecule has 2 atom stereocenters. The lowest BCUT2D eigenvalue weighted by Crippen LogP contribution is -2.26. The molecule has 0 spiro atoms. The molecule has 0 amide bonds. The largest absolute Gasteiger partial charge is 0.377 e. The predicted octanol–water partition coefficient (Wildman–Crippen LogP) is 2.77. The lowest BCUT2D eigenvalue weighted by atomic mass is 10.1. The Morgan fingerprint density at radius 3 is 2.79 bits per heavy atom. The normalized spacial score (nSPS) is 22.6. The summed E-state index contributed by atoms with van der Waals surface area (Å²) in [5, 5.41) is 8.01. The van der Waals surface area contributed by atoms with Gasteiger partial charge in [-0.2, -0.15) is 5.10 Å². The minimum atomic E-state index is 0.263. The van der Waals surface area contributed by atoms with E-state index in [0.29, 0.717) is 6.04 Å². The van der Waals surface area contributed by atoms with E-state index in [1.54, 1.807) is 0 Å². The van der Waals surface area contributed by atoms with E-state index >= 15 is 0 Å². The third-order valence-corrected chi connectivity index (χ3v) is 3.73. The number of ether oxygens (including phenoxy) is 1. The number of rotatable bonds is 3. The molecule has 1 aliphatic heterocycles. The topological polar surface area (TPSA) is 39.1 Å². The van der Waals surface area contributed by atoms with Gasteiger partial charge >= 0.3 is 0 Å². The van der Waals surface area contributed by atoms with E-state index in [-0.39, 0.29) is 6.10 Å². The van der Waals surface area contributed by atoms with E-state index < -0.39 is 0 Å². The monoisotopic (exact) mass is 257 g/mol. The summed E-state index contributed by atoms with van der Waals surface area (Å²) in [6.45, 7) is 5.04. The van der Waals surface area contributed by atoms with Gasteiger partial charge in [-0.15, -0.1) is 0 Å². The quantitative estimate of drug-likeness (QED) is 0.919. The van der Waals surface area contributed by atoms with E-state index in [2.05, 4.69) is 36.4 Å². The van der Waals surface area contributed by atoms with E-state index in [9.17, 15) is 0 Å². The van der Waals surface area contributed by atoms with Gasteiger partial charge in [-0.3, -0.25) is 0 Å². The summed E-state index contributed by atoms with van der Waals surface area (Å²) in [7, 11) is 0. The Morgan fingerprint density at radius 2 is 2.11 bits per heavy atom. The highest BCUT2D eigenvalue weighted by molar-refractivity contribution is 5.50. The first-order valence-corrected chi connectivity index (χ1v) is 6.74. The van der Waals surface area contributed by atoms with E-state index in [0.717, 1.165) is 30.1 Å². The lowest BCUT2D eigenvalue weighted by Gasteiger charge is -2.16. The zero-order valence-corrected chi connectivity index (χ0v) is 11.3. The molecule has 2 aromatic rings. The highest BCUT2D eigenvalue weighted by Gasteiger charge is 2.25. The molecule has 1 aromatic heterocycles.